The first-order valence-electron chi connectivity index (χ1n) is 8.37. The molecule has 0 radical (unpaired) electrons. The highest BCUT2D eigenvalue weighted by Crippen LogP contribution is 2.33. The van der Waals surface area contributed by atoms with Crippen molar-refractivity contribution in [1.29, 1.82) is 0 Å². The Kier molecular flexibility index (Phi) is 4.45. The predicted octanol–water partition coefficient (Wildman–Crippen LogP) is 2.01. The van der Waals surface area contributed by atoms with Gasteiger partial charge in [0.15, 0.2) is 29.1 Å². The van der Waals surface area contributed by atoms with Gasteiger partial charge >= 0.3 is 5.97 Å². The molecular formula is C19H17NO7. The molecule has 2 heterocycles. The van der Waals surface area contributed by atoms with Crippen LogP contribution in [-0.2, 0) is 16.1 Å². The van der Waals surface area contributed by atoms with Gasteiger partial charge in [-0.15, -0.1) is 0 Å². The fourth-order valence-electron chi connectivity index (χ4n) is 2.69. The van der Waals surface area contributed by atoms with Crippen LogP contribution in [0.4, 0.5) is 0 Å². The standard InChI is InChI=1S/C19H17NO7/c1-11(27-19(22)13-3-5-15-17(7-13)26-10-24-15)18(21)20-8-12-2-4-14-16(6-12)25-9-23-14/h2-7,11H,8-10H2,1H3,(H,20,21)/t11-/m0/s1. The maximum Gasteiger partial charge on any atom is 0.339 e. The molecule has 4 rings (SSSR count). The molecule has 2 aliphatic rings. The van der Waals surface area contributed by atoms with Crippen molar-refractivity contribution in [2.75, 3.05) is 13.6 Å². The lowest BCUT2D eigenvalue weighted by Crippen LogP contribution is -2.35. The molecular weight excluding hydrogens is 354 g/mol. The van der Waals surface area contributed by atoms with Crippen LogP contribution in [0, 0.1) is 0 Å². The van der Waals surface area contributed by atoms with Gasteiger partial charge in [-0.05, 0) is 42.8 Å². The van der Waals surface area contributed by atoms with Crippen molar-refractivity contribution < 1.29 is 33.3 Å². The topological polar surface area (TPSA) is 92.3 Å². The summed E-state index contributed by atoms with van der Waals surface area (Å²) in [5, 5.41) is 2.73. The van der Waals surface area contributed by atoms with Crippen LogP contribution in [0.15, 0.2) is 36.4 Å². The van der Waals surface area contributed by atoms with E-state index in [1.165, 1.54) is 13.0 Å². The zero-order chi connectivity index (χ0) is 18.8. The number of rotatable bonds is 5. The minimum Gasteiger partial charge on any atom is -0.454 e. The van der Waals surface area contributed by atoms with Crippen LogP contribution in [0.5, 0.6) is 23.0 Å². The number of benzene rings is 2. The molecule has 27 heavy (non-hydrogen) atoms. The Morgan fingerprint density at radius 3 is 2.33 bits per heavy atom. The van der Waals surface area contributed by atoms with Gasteiger partial charge in [0.2, 0.25) is 13.6 Å². The zero-order valence-electron chi connectivity index (χ0n) is 14.5. The molecule has 1 amide bonds. The second kappa shape index (κ2) is 7.06. The van der Waals surface area contributed by atoms with Crippen molar-refractivity contribution >= 4 is 11.9 Å². The summed E-state index contributed by atoms with van der Waals surface area (Å²) in [6.45, 7) is 2.10. The molecule has 0 saturated carbocycles. The number of carbonyl (C=O) groups is 2. The second-order valence-electron chi connectivity index (χ2n) is 6.02. The van der Waals surface area contributed by atoms with E-state index < -0.39 is 18.0 Å². The van der Waals surface area contributed by atoms with Crippen LogP contribution >= 0.6 is 0 Å². The highest BCUT2D eigenvalue weighted by molar-refractivity contribution is 5.92. The number of ether oxygens (including phenoxy) is 5. The van der Waals surface area contributed by atoms with Crippen molar-refractivity contribution in [1.82, 2.24) is 5.32 Å². The number of nitrogens with one attached hydrogen (secondary N) is 1. The Morgan fingerprint density at radius 1 is 0.963 bits per heavy atom. The molecule has 0 aromatic heterocycles. The number of hydrogen-bond donors (Lipinski definition) is 1. The van der Waals surface area contributed by atoms with E-state index in [2.05, 4.69) is 5.32 Å². The molecule has 0 spiro atoms. The number of carbonyl (C=O) groups excluding carboxylic acids is 2. The van der Waals surface area contributed by atoms with E-state index in [9.17, 15) is 9.59 Å². The minimum atomic E-state index is -0.947. The maximum absolute atomic E-state index is 12.2. The molecule has 0 fully saturated rings. The average molecular weight is 371 g/mol. The summed E-state index contributed by atoms with van der Waals surface area (Å²) >= 11 is 0. The van der Waals surface area contributed by atoms with Crippen molar-refractivity contribution in [3.05, 3.63) is 47.5 Å². The summed E-state index contributed by atoms with van der Waals surface area (Å²) in [5.74, 6) is 1.35. The van der Waals surface area contributed by atoms with E-state index >= 15 is 0 Å². The van der Waals surface area contributed by atoms with Gasteiger partial charge in [-0.1, -0.05) is 6.07 Å². The van der Waals surface area contributed by atoms with E-state index in [4.69, 9.17) is 23.7 Å². The lowest BCUT2D eigenvalue weighted by atomic mass is 10.2. The van der Waals surface area contributed by atoms with Crippen LogP contribution in [0.2, 0.25) is 0 Å². The molecule has 8 nitrogen and oxygen atoms in total. The first-order chi connectivity index (χ1) is 13.1. The summed E-state index contributed by atoms with van der Waals surface area (Å²) in [6.07, 6.45) is -0.947. The monoisotopic (exact) mass is 371 g/mol. The zero-order valence-corrected chi connectivity index (χ0v) is 14.5. The number of fused-ring (bicyclic) bond motifs is 2. The van der Waals surface area contributed by atoms with Crippen LogP contribution in [-0.4, -0.2) is 31.6 Å². The van der Waals surface area contributed by atoms with Gasteiger partial charge < -0.3 is 29.0 Å². The highest BCUT2D eigenvalue weighted by Gasteiger charge is 2.22. The number of esters is 1. The van der Waals surface area contributed by atoms with Crippen molar-refractivity contribution in [3.63, 3.8) is 0 Å². The van der Waals surface area contributed by atoms with Gasteiger partial charge in [-0.3, -0.25) is 4.79 Å². The molecule has 0 saturated heterocycles. The fourth-order valence-corrected chi connectivity index (χ4v) is 2.69. The highest BCUT2D eigenvalue weighted by atomic mass is 16.7. The lowest BCUT2D eigenvalue weighted by Gasteiger charge is -2.14. The van der Waals surface area contributed by atoms with Crippen LogP contribution in [0.25, 0.3) is 0 Å². The first-order valence-corrected chi connectivity index (χ1v) is 8.37. The Morgan fingerprint density at radius 2 is 1.59 bits per heavy atom. The minimum absolute atomic E-state index is 0.118. The summed E-state index contributed by atoms with van der Waals surface area (Å²) in [6, 6.07) is 10.1. The van der Waals surface area contributed by atoms with E-state index in [0.29, 0.717) is 23.0 Å². The van der Waals surface area contributed by atoms with Crippen LogP contribution in [0.3, 0.4) is 0 Å². The third-order valence-electron chi connectivity index (χ3n) is 4.17. The van der Waals surface area contributed by atoms with Crippen LogP contribution in [0.1, 0.15) is 22.8 Å². The second-order valence-corrected chi connectivity index (χ2v) is 6.02. The Bertz CT molecular complexity index is 896. The van der Waals surface area contributed by atoms with Gasteiger partial charge in [-0.2, -0.15) is 0 Å². The normalized spacial score (nSPS) is 14.6. The third-order valence-corrected chi connectivity index (χ3v) is 4.17. The van der Waals surface area contributed by atoms with Crippen molar-refractivity contribution in [2.24, 2.45) is 0 Å². The quantitative estimate of drug-likeness (QED) is 0.804. The Balaban J connectivity index is 1.31. The molecule has 0 aliphatic carbocycles. The summed E-state index contributed by atoms with van der Waals surface area (Å²) in [4.78, 5) is 24.4. The van der Waals surface area contributed by atoms with Crippen molar-refractivity contribution in [2.45, 2.75) is 19.6 Å². The Labute approximate surface area is 154 Å². The molecule has 2 aliphatic heterocycles. The molecule has 140 valence electrons. The van der Waals surface area contributed by atoms with Crippen LogP contribution < -0.4 is 24.3 Å². The van der Waals surface area contributed by atoms with E-state index in [1.807, 2.05) is 6.07 Å². The molecule has 0 unspecified atom stereocenters. The lowest BCUT2D eigenvalue weighted by molar-refractivity contribution is -0.129. The first kappa shape index (κ1) is 17.0. The van der Waals surface area contributed by atoms with E-state index in [0.717, 1.165) is 5.56 Å². The van der Waals surface area contributed by atoms with E-state index in [-0.39, 0.29) is 25.7 Å². The Hall–Kier alpha value is -3.42. The summed E-state index contributed by atoms with van der Waals surface area (Å²) in [7, 11) is 0. The van der Waals surface area contributed by atoms with Crippen molar-refractivity contribution in [3.8, 4) is 23.0 Å². The largest absolute Gasteiger partial charge is 0.454 e. The molecule has 2 aromatic carbocycles. The average Bonchev–Trinajstić information content (AvgIpc) is 3.33. The molecule has 0 bridgehead atoms. The number of amides is 1. The molecule has 1 atom stereocenters. The van der Waals surface area contributed by atoms with Gasteiger partial charge in [0.05, 0.1) is 5.56 Å². The predicted molar refractivity (Wildman–Crippen MR) is 91.9 cm³/mol. The smallest absolute Gasteiger partial charge is 0.339 e. The summed E-state index contributed by atoms with van der Waals surface area (Å²) in [5.41, 5.74) is 1.14. The molecule has 2 aromatic rings. The SMILES string of the molecule is C[C@H](OC(=O)c1ccc2c(c1)OCO2)C(=O)NCc1ccc2c(c1)OCO2. The third kappa shape index (κ3) is 3.59. The maximum atomic E-state index is 12.2. The summed E-state index contributed by atoms with van der Waals surface area (Å²) < 4.78 is 26.2. The van der Waals surface area contributed by atoms with Gasteiger partial charge in [-0.25, -0.2) is 4.79 Å². The number of hydrogen-bond acceptors (Lipinski definition) is 7. The molecule has 8 heteroatoms. The molecule has 1 N–H and O–H groups in total. The van der Waals surface area contributed by atoms with Gasteiger partial charge in [0.25, 0.3) is 5.91 Å². The van der Waals surface area contributed by atoms with E-state index in [1.54, 1.807) is 24.3 Å². The fraction of sp³-hybridized carbons (Fsp3) is 0.263. The van der Waals surface area contributed by atoms with Gasteiger partial charge in [0, 0.05) is 6.54 Å². The van der Waals surface area contributed by atoms with Gasteiger partial charge in [0.1, 0.15) is 0 Å².